The number of rotatable bonds is 5. The van der Waals surface area contributed by atoms with E-state index in [2.05, 4.69) is 15.5 Å². The van der Waals surface area contributed by atoms with Gasteiger partial charge >= 0.3 is 0 Å². The average molecular weight is 338 g/mol. The normalized spacial score (nSPS) is 10.3. The van der Waals surface area contributed by atoms with Gasteiger partial charge < -0.3 is 15.0 Å². The molecule has 0 bridgehead atoms. The van der Waals surface area contributed by atoms with Gasteiger partial charge in [-0.2, -0.15) is 0 Å². The van der Waals surface area contributed by atoms with Crippen molar-refractivity contribution in [3.05, 3.63) is 59.9 Å². The summed E-state index contributed by atoms with van der Waals surface area (Å²) in [6.07, 6.45) is 3.09. The molecule has 0 saturated carbocycles. The fourth-order valence-electron chi connectivity index (χ4n) is 2.25. The first kappa shape index (κ1) is 16.2. The van der Waals surface area contributed by atoms with Crippen molar-refractivity contribution in [2.45, 2.75) is 0 Å². The Morgan fingerprint density at radius 3 is 2.64 bits per heavy atom. The van der Waals surface area contributed by atoms with Crippen LogP contribution >= 0.6 is 0 Å². The van der Waals surface area contributed by atoms with Gasteiger partial charge in [0, 0.05) is 23.5 Å². The molecule has 0 saturated heterocycles. The van der Waals surface area contributed by atoms with E-state index in [9.17, 15) is 9.59 Å². The molecule has 0 aliphatic rings. The Bertz CT molecular complexity index is 921. The van der Waals surface area contributed by atoms with E-state index in [1.54, 1.807) is 48.8 Å². The molecule has 0 aliphatic carbocycles. The monoisotopic (exact) mass is 338 g/mol. The third-order valence-corrected chi connectivity index (χ3v) is 3.45. The maximum absolute atomic E-state index is 12.4. The lowest BCUT2D eigenvalue weighted by atomic mass is 10.1. The molecule has 0 aliphatic heterocycles. The van der Waals surface area contributed by atoms with Crippen molar-refractivity contribution >= 4 is 17.7 Å². The van der Waals surface area contributed by atoms with E-state index < -0.39 is 11.8 Å². The molecule has 0 unspecified atom stereocenters. The fraction of sp³-hybridized carbons (Fsp3) is 0.0588. The highest BCUT2D eigenvalue weighted by molar-refractivity contribution is 6.09. The van der Waals surface area contributed by atoms with E-state index in [1.807, 2.05) is 0 Å². The van der Waals surface area contributed by atoms with Crippen LogP contribution in [0.5, 0.6) is 5.75 Å². The van der Waals surface area contributed by atoms with Crippen LogP contribution < -0.4 is 15.8 Å². The Morgan fingerprint density at radius 2 is 1.96 bits per heavy atom. The summed E-state index contributed by atoms with van der Waals surface area (Å²) in [5.41, 5.74) is 6.57. The van der Waals surface area contributed by atoms with Gasteiger partial charge in [-0.15, -0.1) is 0 Å². The predicted octanol–water partition coefficient (Wildman–Crippen LogP) is 2.10. The number of anilines is 1. The highest BCUT2D eigenvalue weighted by Gasteiger charge is 2.24. The van der Waals surface area contributed by atoms with E-state index in [1.165, 1.54) is 7.11 Å². The largest absolute Gasteiger partial charge is 0.497 e. The number of benzene rings is 1. The SMILES string of the molecule is COc1cccc(C(=O)Nc2onc(-c3ccncc3)c2C(N)=O)c1. The van der Waals surface area contributed by atoms with Crippen molar-refractivity contribution in [3.8, 4) is 17.0 Å². The molecule has 2 amide bonds. The minimum Gasteiger partial charge on any atom is -0.497 e. The van der Waals surface area contributed by atoms with Crippen LogP contribution in [0, 0.1) is 0 Å². The first-order valence-corrected chi connectivity index (χ1v) is 7.25. The van der Waals surface area contributed by atoms with Crippen molar-refractivity contribution < 1.29 is 18.8 Å². The van der Waals surface area contributed by atoms with Crippen LogP contribution in [0.25, 0.3) is 11.3 Å². The van der Waals surface area contributed by atoms with Crippen LogP contribution in [0.1, 0.15) is 20.7 Å². The lowest BCUT2D eigenvalue weighted by Gasteiger charge is -2.05. The standard InChI is InChI=1S/C17H14N4O4/c1-24-12-4-2-3-11(9-12)16(23)20-17-13(15(18)22)14(21-25-17)10-5-7-19-8-6-10/h2-9H,1H3,(H2,18,22)(H,20,23). The Morgan fingerprint density at radius 1 is 1.20 bits per heavy atom. The lowest BCUT2D eigenvalue weighted by molar-refractivity contribution is 0.100. The summed E-state index contributed by atoms with van der Waals surface area (Å²) in [5.74, 6) is -0.849. The maximum atomic E-state index is 12.4. The summed E-state index contributed by atoms with van der Waals surface area (Å²) in [7, 11) is 1.50. The number of hydrogen-bond donors (Lipinski definition) is 2. The molecule has 3 N–H and O–H groups in total. The predicted molar refractivity (Wildman–Crippen MR) is 89.2 cm³/mol. The molecule has 0 spiro atoms. The van der Waals surface area contributed by atoms with Crippen LogP contribution in [0.4, 0.5) is 5.88 Å². The number of nitrogens with zero attached hydrogens (tertiary/aromatic N) is 2. The van der Waals surface area contributed by atoms with Crippen molar-refractivity contribution in [2.75, 3.05) is 12.4 Å². The highest BCUT2D eigenvalue weighted by Crippen LogP contribution is 2.28. The van der Waals surface area contributed by atoms with Crippen LogP contribution in [0.2, 0.25) is 0 Å². The number of nitrogens with one attached hydrogen (secondary N) is 1. The summed E-state index contributed by atoms with van der Waals surface area (Å²) in [5, 5.41) is 6.35. The molecule has 8 nitrogen and oxygen atoms in total. The molecular weight excluding hydrogens is 324 g/mol. The first-order valence-electron chi connectivity index (χ1n) is 7.25. The minimum absolute atomic E-state index is 0.0116. The number of amides is 2. The van der Waals surface area contributed by atoms with Gasteiger partial charge in [-0.1, -0.05) is 11.2 Å². The summed E-state index contributed by atoms with van der Waals surface area (Å²) in [4.78, 5) is 28.1. The van der Waals surface area contributed by atoms with Gasteiger partial charge in [0.25, 0.3) is 11.8 Å². The second-order valence-corrected chi connectivity index (χ2v) is 5.02. The lowest BCUT2D eigenvalue weighted by Crippen LogP contribution is -2.17. The summed E-state index contributed by atoms with van der Waals surface area (Å²) in [6, 6.07) is 9.84. The van der Waals surface area contributed by atoms with E-state index in [0.29, 0.717) is 16.9 Å². The van der Waals surface area contributed by atoms with E-state index in [4.69, 9.17) is 15.0 Å². The maximum Gasteiger partial charge on any atom is 0.258 e. The third-order valence-electron chi connectivity index (χ3n) is 3.45. The molecule has 2 aromatic heterocycles. The number of methoxy groups -OCH3 is 1. The Labute approximate surface area is 142 Å². The average Bonchev–Trinajstić information content (AvgIpc) is 3.06. The first-order chi connectivity index (χ1) is 12.1. The molecule has 0 atom stereocenters. The topological polar surface area (TPSA) is 120 Å². The molecule has 126 valence electrons. The van der Waals surface area contributed by atoms with Crippen molar-refractivity contribution in [3.63, 3.8) is 0 Å². The smallest absolute Gasteiger partial charge is 0.258 e. The van der Waals surface area contributed by atoms with Gasteiger partial charge in [0.2, 0.25) is 5.88 Å². The summed E-state index contributed by atoms with van der Waals surface area (Å²) < 4.78 is 10.2. The second-order valence-electron chi connectivity index (χ2n) is 5.02. The second kappa shape index (κ2) is 6.83. The Balaban J connectivity index is 1.94. The fourth-order valence-corrected chi connectivity index (χ4v) is 2.25. The number of primary amides is 1. The number of carbonyl (C=O) groups excluding carboxylic acids is 2. The van der Waals surface area contributed by atoms with Crippen LogP contribution in [0.15, 0.2) is 53.3 Å². The number of pyridine rings is 1. The molecule has 1 aromatic carbocycles. The van der Waals surface area contributed by atoms with Crippen LogP contribution in [-0.4, -0.2) is 29.1 Å². The van der Waals surface area contributed by atoms with Gasteiger partial charge in [-0.05, 0) is 30.3 Å². The van der Waals surface area contributed by atoms with Gasteiger partial charge in [0.1, 0.15) is 17.0 Å². The van der Waals surface area contributed by atoms with Crippen molar-refractivity contribution in [1.29, 1.82) is 0 Å². The molecule has 8 heteroatoms. The minimum atomic E-state index is -0.769. The van der Waals surface area contributed by atoms with Crippen LogP contribution in [-0.2, 0) is 0 Å². The van der Waals surface area contributed by atoms with Gasteiger partial charge in [0.15, 0.2) is 0 Å². The van der Waals surface area contributed by atoms with E-state index >= 15 is 0 Å². The highest BCUT2D eigenvalue weighted by atomic mass is 16.5. The molecule has 0 fully saturated rings. The Hall–Kier alpha value is -3.68. The molecule has 3 rings (SSSR count). The zero-order valence-electron chi connectivity index (χ0n) is 13.2. The van der Waals surface area contributed by atoms with Crippen LogP contribution in [0.3, 0.4) is 0 Å². The Kier molecular flexibility index (Phi) is 4.42. The van der Waals surface area contributed by atoms with Crippen molar-refractivity contribution in [1.82, 2.24) is 10.1 Å². The van der Waals surface area contributed by atoms with Crippen molar-refractivity contribution in [2.24, 2.45) is 5.73 Å². The third kappa shape index (κ3) is 3.32. The summed E-state index contributed by atoms with van der Waals surface area (Å²) >= 11 is 0. The van der Waals surface area contributed by atoms with Gasteiger partial charge in [0.05, 0.1) is 7.11 Å². The van der Waals surface area contributed by atoms with Gasteiger partial charge in [-0.3, -0.25) is 19.9 Å². The quantitative estimate of drug-likeness (QED) is 0.735. The zero-order valence-corrected chi connectivity index (χ0v) is 13.2. The van der Waals surface area contributed by atoms with E-state index in [0.717, 1.165) is 0 Å². The number of hydrogen-bond acceptors (Lipinski definition) is 6. The number of ether oxygens (including phenoxy) is 1. The van der Waals surface area contributed by atoms with E-state index in [-0.39, 0.29) is 17.1 Å². The zero-order chi connectivity index (χ0) is 17.8. The molecule has 25 heavy (non-hydrogen) atoms. The number of aromatic nitrogens is 2. The van der Waals surface area contributed by atoms with Gasteiger partial charge in [-0.25, -0.2) is 0 Å². The molecule has 0 radical (unpaired) electrons. The molecule has 2 heterocycles. The number of carbonyl (C=O) groups is 2. The summed E-state index contributed by atoms with van der Waals surface area (Å²) in [6.45, 7) is 0. The molecular formula is C17H14N4O4. The molecule has 3 aromatic rings. The number of nitrogens with two attached hydrogens (primary N) is 1.